The van der Waals surface area contributed by atoms with Crippen LogP contribution in [0.25, 0.3) is 0 Å². The second-order valence-electron chi connectivity index (χ2n) is 4.67. The Balaban J connectivity index is 1.80. The first kappa shape index (κ1) is 13.5. The Hall–Kier alpha value is -1.88. The number of nitrogens with zero attached hydrogens (tertiary/aromatic N) is 1. The molecule has 0 spiro atoms. The largest absolute Gasteiger partial charge is 0.480 e. The lowest BCUT2D eigenvalue weighted by Gasteiger charge is -2.21. The van der Waals surface area contributed by atoms with Gasteiger partial charge in [-0.2, -0.15) is 0 Å². The van der Waals surface area contributed by atoms with Crippen LogP contribution in [0, 0.1) is 0 Å². The maximum Gasteiger partial charge on any atom is 0.326 e. The molecule has 1 fully saturated rings. The van der Waals surface area contributed by atoms with Crippen LogP contribution in [0.3, 0.4) is 0 Å². The number of likely N-dealkylation sites (tertiary alicyclic amines) is 1. The minimum atomic E-state index is -0.908. The number of carboxylic acid groups (broad SMARTS) is 1. The van der Waals surface area contributed by atoms with Crippen LogP contribution in [0.2, 0.25) is 0 Å². The topological polar surface area (TPSA) is 69.6 Å². The summed E-state index contributed by atoms with van der Waals surface area (Å²) in [6.45, 7) is 1.33. The van der Waals surface area contributed by atoms with Crippen molar-refractivity contribution >= 4 is 11.9 Å². The van der Waals surface area contributed by atoms with E-state index in [1.54, 1.807) is 0 Å². The zero-order valence-electron chi connectivity index (χ0n) is 10.7. The van der Waals surface area contributed by atoms with E-state index in [9.17, 15) is 9.59 Å². The quantitative estimate of drug-likeness (QED) is 0.825. The number of benzene rings is 1. The van der Waals surface area contributed by atoms with E-state index in [2.05, 4.69) is 5.32 Å². The highest BCUT2D eigenvalue weighted by Crippen LogP contribution is 2.17. The van der Waals surface area contributed by atoms with Crippen molar-refractivity contribution in [2.75, 3.05) is 13.1 Å². The molecule has 19 heavy (non-hydrogen) atoms. The van der Waals surface area contributed by atoms with Gasteiger partial charge in [-0.3, -0.25) is 4.79 Å². The van der Waals surface area contributed by atoms with E-state index in [0.29, 0.717) is 19.5 Å². The highest BCUT2D eigenvalue weighted by Gasteiger charge is 2.33. The fourth-order valence-electron chi connectivity index (χ4n) is 2.33. The van der Waals surface area contributed by atoms with Crippen LogP contribution in [-0.2, 0) is 16.1 Å². The smallest absolute Gasteiger partial charge is 0.326 e. The SMILES string of the molecule is O=C(O)[C@H]1CCCN1C(=O)CNCc1ccccc1. The molecule has 102 valence electrons. The third kappa shape index (κ3) is 3.54. The Morgan fingerprint density at radius 1 is 1.32 bits per heavy atom. The number of hydrogen-bond donors (Lipinski definition) is 2. The summed E-state index contributed by atoms with van der Waals surface area (Å²) in [5.41, 5.74) is 1.10. The van der Waals surface area contributed by atoms with E-state index in [1.807, 2.05) is 30.3 Å². The molecule has 0 radical (unpaired) electrons. The van der Waals surface area contributed by atoms with Crippen molar-refractivity contribution < 1.29 is 14.7 Å². The summed E-state index contributed by atoms with van der Waals surface area (Å²) in [6.07, 6.45) is 1.32. The van der Waals surface area contributed by atoms with Crippen molar-refractivity contribution in [1.29, 1.82) is 0 Å². The molecule has 1 amide bonds. The number of rotatable bonds is 5. The van der Waals surface area contributed by atoms with E-state index in [0.717, 1.165) is 12.0 Å². The van der Waals surface area contributed by atoms with Gasteiger partial charge in [0.2, 0.25) is 5.91 Å². The molecule has 0 aromatic heterocycles. The molecule has 0 unspecified atom stereocenters. The molecule has 2 rings (SSSR count). The molecule has 1 aromatic carbocycles. The third-order valence-electron chi connectivity index (χ3n) is 3.31. The van der Waals surface area contributed by atoms with Gasteiger partial charge in [-0.05, 0) is 18.4 Å². The molecule has 1 aliphatic heterocycles. The van der Waals surface area contributed by atoms with Gasteiger partial charge in [-0.15, -0.1) is 0 Å². The standard InChI is InChI=1S/C14H18N2O3/c17-13(16-8-4-7-12(16)14(18)19)10-15-9-11-5-2-1-3-6-11/h1-3,5-6,12,15H,4,7-10H2,(H,18,19)/t12-/m1/s1. The molecule has 1 saturated heterocycles. The summed E-state index contributed by atoms with van der Waals surface area (Å²) in [5.74, 6) is -1.05. The minimum absolute atomic E-state index is 0.138. The maximum atomic E-state index is 12.0. The van der Waals surface area contributed by atoms with Crippen molar-refractivity contribution in [1.82, 2.24) is 10.2 Å². The Bertz CT molecular complexity index is 447. The Morgan fingerprint density at radius 2 is 2.05 bits per heavy atom. The lowest BCUT2D eigenvalue weighted by molar-refractivity contribution is -0.147. The zero-order chi connectivity index (χ0) is 13.7. The number of amides is 1. The summed E-state index contributed by atoms with van der Waals surface area (Å²) in [7, 11) is 0. The minimum Gasteiger partial charge on any atom is -0.480 e. The number of carbonyl (C=O) groups excluding carboxylic acids is 1. The molecule has 5 heteroatoms. The summed E-state index contributed by atoms with van der Waals surface area (Å²) in [5, 5.41) is 12.1. The average Bonchev–Trinajstić information content (AvgIpc) is 2.89. The Kier molecular flexibility index (Phi) is 4.52. The second-order valence-corrected chi connectivity index (χ2v) is 4.67. The average molecular weight is 262 g/mol. The van der Waals surface area contributed by atoms with Crippen LogP contribution in [0.15, 0.2) is 30.3 Å². The molecule has 1 aromatic rings. The van der Waals surface area contributed by atoms with Crippen LogP contribution in [0.4, 0.5) is 0 Å². The first-order valence-electron chi connectivity index (χ1n) is 6.45. The Morgan fingerprint density at radius 3 is 2.74 bits per heavy atom. The van der Waals surface area contributed by atoms with Crippen molar-refractivity contribution in [3.63, 3.8) is 0 Å². The zero-order valence-corrected chi connectivity index (χ0v) is 10.7. The molecule has 5 nitrogen and oxygen atoms in total. The Labute approximate surface area is 112 Å². The van der Waals surface area contributed by atoms with Gasteiger partial charge < -0.3 is 15.3 Å². The fraction of sp³-hybridized carbons (Fsp3) is 0.429. The summed E-state index contributed by atoms with van der Waals surface area (Å²) >= 11 is 0. The number of aliphatic carboxylic acids is 1. The molecule has 0 saturated carbocycles. The molecule has 0 aliphatic carbocycles. The van der Waals surface area contributed by atoms with Crippen LogP contribution < -0.4 is 5.32 Å². The van der Waals surface area contributed by atoms with Crippen LogP contribution in [-0.4, -0.2) is 41.0 Å². The molecule has 1 heterocycles. The van der Waals surface area contributed by atoms with Crippen molar-refractivity contribution in [3.05, 3.63) is 35.9 Å². The van der Waals surface area contributed by atoms with Gasteiger partial charge in [-0.25, -0.2) is 4.79 Å². The predicted octanol–water partition coefficient (Wildman–Crippen LogP) is 0.852. The normalized spacial score (nSPS) is 18.5. The van der Waals surface area contributed by atoms with Crippen LogP contribution in [0.1, 0.15) is 18.4 Å². The van der Waals surface area contributed by atoms with Crippen molar-refractivity contribution in [2.45, 2.75) is 25.4 Å². The first-order chi connectivity index (χ1) is 9.18. The van der Waals surface area contributed by atoms with Crippen molar-refractivity contribution in [2.24, 2.45) is 0 Å². The molecule has 2 N–H and O–H groups in total. The fourth-order valence-corrected chi connectivity index (χ4v) is 2.33. The van der Waals surface area contributed by atoms with E-state index in [-0.39, 0.29) is 12.5 Å². The van der Waals surface area contributed by atoms with Gasteiger partial charge in [0.25, 0.3) is 0 Å². The monoisotopic (exact) mass is 262 g/mol. The van der Waals surface area contributed by atoms with Gasteiger partial charge in [0.05, 0.1) is 6.54 Å². The molecular formula is C14H18N2O3. The number of carbonyl (C=O) groups is 2. The van der Waals surface area contributed by atoms with Gasteiger partial charge in [0.1, 0.15) is 6.04 Å². The van der Waals surface area contributed by atoms with Gasteiger partial charge in [0.15, 0.2) is 0 Å². The highest BCUT2D eigenvalue weighted by molar-refractivity contribution is 5.85. The lowest BCUT2D eigenvalue weighted by atomic mass is 10.2. The second kappa shape index (κ2) is 6.33. The number of nitrogens with one attached hydrogen (secondary N) is 1. The number of carboxylic acids is 1. The summed E-state index contributed by atoms with van der Waals surface area (Å²) in [6, 6.07) is 9.14. The highest BCUT2D eigenvalue weighted by atomic mass is 16.4. The molecule has 1 atom stereocenters. The van der Waals surface area contributed by atoms with Crippen LogP contribution in [0.5, 0.6) is 0 Å². The molecule has 1 aliphatic rings. The van der Waals surface area contributed by atoms with Crippen molar-refractivity contribution in [3.8, 4) is 0 Å². The first-order valence-corrected chi connectivity index (χ1v) is 6.45. The number of hydrogen-bond acceptors (Lipinski definition) is 3. The van der Waals surface area contributed by atoms with E-state index < -0.39 is 12.0 Å². The van der Waals surface area contributed by atoms with E-state index in [1.165, 1.54) is 4.90 Å². The van der Waals surface area contributed by atoms with Crippen LogP contribution >= 0.6 is 0 Å². The molecular weight excluding hydrogens is 244 g/mol. The molecule has 0 bridgehead atoms. The summed E-state index contributed by atoms with van der Waals surface area (Å²) < 4.78 is 0. The lowest BCUT2D eigenvalue weighted by Crippen LogP contribution is -2.44. The van der Waals surface area contributed by atoms with Gasteiger partial charge in [-0.1, -0.05) is 30.3 Å². The van der Waals surface area contributed by atoms with Gasteiger partial charge in [0, 0.05) is 13.1 Å². The predicted molar refractivity (Wildman–Crippen MR) is 70.5 cm³/mol. The van der Waals surface area contributed by atoms with E-state index >= 15 is 0 Å². The van der Waals surface area contributed by atoms with E-state index in [4.69, 9.17) is 5.11 Å². The van der Waals surface area contributed by atoms with Gasteiger partial charge >= 0.3 is 5.97 Å². The summed E-state index contributed by atoms with van der Waals surface area (Å²) in [4.78, 5) is 24.4. The third-order valence-corrected chi connectivity index (χ3v) is 3.31. The maximum absolute atomic E-state index is 12.0.